The van der Waals surface area contributed by atoms with E-state index in [1.807, 2.05) is 37.5 Å². The fraction of sp³-hybridized carbons (Fsp3) is 0.353. The lowest BCUT2D eigenvalue weighted by Crippen LogP contribution is -2.23. The van der Waals surface area contributed by atoms with Gasteiger partial charge >= 0.3 is 0 Å². The van der Waals surface area contributed by atoms with Crippen molar-refractivity contribution in [2.24, 2.45) is 0 Å². The Kier molecular flexibility index (Phi) is 3.67. The molecule has 0 aromatic carbocycles. The number of likely N-dealkylation sites (tertiary alicyclic amines) is 1. The van der Waals surface area contributed by atoms with Gasteiger partial charge in [-0.3, -0.25) is 4.90 Å². The van der Waals surface area contributed by atoms with Gasteiger partial charge in [0.25, 0.3) is 0 Å². The van der Waals surface area contributed by atoms with E-state index in [-0.39, 0.29) is 0 Å². The van der Waals surface area contributed by atoms with Crippen LogP contribution in [0, 0.1) is 6.92 Å². The second kappa shape index (κ2) is 5.96. The molecule has 1 saturated heterocycles. The molecule has 6 heteroatoms. The van der Waals surface area contributed by atoms with Crippen LogP contribution < -0.4 is 0 Å². The predicted molar refractivity (Wildman–Crippen MR) is 83.4 cm³/mol. The summed E-state index contributed by atoms with van der Waals surface area (Å²) in [6.07, 6.45) is 7.64. The Labute approximate surface area is 134 Å². The molecule has 0 unspecified atom stereocenters. The van der Waals surface area contributed by atoms with Crippen molar-refractivity contribution < 1.29 is 8.94 Å². The van der Waals surface area contributed by atoms with Crippen LogP contribution in [0.25, 0.3) is 11.6 Å². The Bertz CT molecular complexity index is 764. The molecule has 4 heterocycles. The molecule has 0 amide bonds. The van der Waals surface area contributed by atoms with Crippen LogP contribution in [0.5, 0.6) is 0 Å². The quantitative estimate of drug-likeness (QED) is 0.736. The van der Waals surface area contributed by atoms with E-state index >= 15 is 0 Å². The molecule has 4 rings (SSSR count). The first kappa shape index (κ1) is 14.1. The first-order valence-electron chi connectivity index (χ1n) is 7.81. The summed E-state index contributed by atoms with van der Waals surface area (Å²) in [5.74, 6) is 2.16. The number of aromatic nitrogens is 3. The Morgan fingerprint density at radius 1 is 1.30 bits per heavy atom. The number of furan rings is 1. The number of aryl methyl sites for hydroxylation is 1. The highest BCUT2D eigenvalue weighted by Crippen LogP contribution is 2.32. The third-order valence-corrected chi connectivity index (χ3v) is 4.18. The molecule has 1 aliphatic heterocycles. The van der Waals surface area contributed by atoms with E-state index < -0.39 is 0 Å². The topological polar surface area (TPSA) is 68.2 Å². The standard InChI is InChI=1S/C17H18N4O2/c1-12-8-14(20-23-12)15-4-2-6-21(15)11-13-9-18-17(19-10-13)16-5-3-7-22-16/h3,5,7-10,15H,2,4,6,11H2,1H3/t15-/m0/s1. The van der Waals surface area contributed by atoms with Gasteiger partial charge in [-0.1, -0.05) is 5.16 Å². The van der Waals surface area contributed by atoms with Gasteiger partial charge in [-0.05, 0) is 38.4 Å². The molecule has 118 valence electrons. The largest absolute Gasteiger partial charge is 0.461 e. The van der Waals surface area contributed by atoms with Crippen LogP contribution in [0.15, 0.2) is 45.8 Å². The Morgan fingerprint density at radius 2 is 2.17 bits per heavy atom. The van der Waals surface area contributed by atoms with Crippen molar-refractivity contribution >= 4 is 0 Å². The van der Waals surface area contributed by atoms with Gasteiger partial charge in [-0.15, -0.1) is 0 Å². The van der Waals surface area contributed by atoms with E-state index in [0.717, 1.165) is 36.5 Å². The van der Waals surface area contributed by atoms with Crippen LogP contribution in [0.1, 0.15) is 35.9 Å². The van der Waals surface area contributed by atoms with Gasteiger partial charge in [0.05, 0.1) is 12.3 Å². The number of hydrogen-bond donors (Lipinski definition) is 0. The zero-order valence-electron chi connectivity index (χ0n) is 13.0. The Hall–Kier alpha value is -2.47. The molecule has 0 radical (unpaired) electrons. The molecule has 3 aromatic rings. The van der Waals surface area contributed by atoms with E-state index in [1.165, 1.54) is 6.42 Å². The minimum atomic E-state index is 0.317. The van der Waals surface area contributed by atoms with Crippen LogP contribution in [0.2, 0.25) is 0 Å². The van der Waals surface area contributed by atoms with Gasteiger partial charge in [-0.2, -0.15) is 0 Å². The molecule has 0 N–H and O–H groups in total. The van der Waals surface area contributed by atoms with Gasteiger partial charge in [-0.25, -0.2) is 9.97 Å². The molecule has 1 fully saturated rings. The van der Waals surface area contributed by atoms with Gasteiger partial charge in [0.2, 0.25) is 0 Å². The molecule has 6 nitrogen and oxygen atoms in total. The second-order valence-electron chi connectivity index (χ2n) is 5.88. The first-order valence-corrected chi connectivity index (χ1v) is 7.81. The van der Waals surface area contributed by atoms with E-state index in [0.29, 0.717) is 17.6 Å². The summed E-state index contributed by atoms with van der Waals surface area (Å²) in [6.45, 7) is 3.79. The lowest BCUT2D eigenvalue weighted by molar-refractivity contribution is 0.236. The highest BCUT2D eigenvalue weighted by Gasteiger charge is 2.28. The van der Waals surface area contributed by atoms with Crippen LogP contribution in [-0.2, 0) is 6.54 Å². The molecular weight excluding hydrogens is 292 g/mol. The lowest BCUT2D eigenvalue weighted by atomic mass is 10.1. The van der Waals surface area contributed by atoms with Crippen LogP contribution in [0.3, 0.4) is 0 Å². The van der Waals surface area contributed by atoms with Crippen LogP contribution >= 0.6 is 0 Å². The third kappa shape index (κ3) is 2.90. The van der Waals surface area contributed by atoms with Crippen LogP contribution in [0.4, 0.5) is 0 Å². The number of nitrogens with zero attached hydrogens (tertiary/aromatic N) is 4. The minimum absolute atomic E-state index is 0.317. The highest BCUT2D eigenvalue weighted by molar-refractivity contribution is 5.45. The first-order chi connectivity index (χ1) is 11.3. The number of rotatable bonds is 4. The fourth-order valence-electron chi connectivity index (χ4n) is 3.10. The van der Waals surface area contributed by atoms with Crippen molar-refractivity contribution in [3.8, 4) is 11.6 Å². The Balaban J connectivity index is 1.49. The van der Waals surface area contributed by atoms with Crippen molar-refractivity contribution in [1.82, 2.24) is 20.0 Å². The summed E-state index contributed by atoms with van der Waals surface area (Å²) >= 11 is 0. The molecule has 0 bridgehead atoms. The van der Waals surface area contributed by atoms with Gasteiger partial charge < -0.3 is 8.94 Å². The molecule has 1 aliphatic rings. The average Bonchev–Trinajstić information content (AvgIpc) is 3.29. The lowest BCUT2D eigenvalue weighted by Gasteiger charge is -2.22. The maximum absolute atomic E-state index is 5.32. The second-order valence-corrected chi connectivity index (χ2v) is 5.88. The van der Waals surface area contributed by atoms with E-state index in [9.17, 15) is 0 Å². The zero-order valence-corrected chi connectivity index (χ0v) is 13.0. The smallest absolute Gasteiger partial charge is 0.195 e. The van der Waals surface area contributed by atoms with Crippen LogP contribution in [-0.4, -0.2) is 26.6 Å². The summed E-state index contributed by atoms with van der Waals surface area (Å²) in [5.41, 5.74) is 2.11. The fourth-order valence-corrected chi connectivity index (χ4v) is 3.10. The predicted octanol–water partition coefficient (Wildman–Crippen LogP) is 3.37. The van der Waals surface area contributed by atoms with Gasteiger partial charge in [0, 0.05) is 30.6 Å². The van der Waals surface area contributed by atoms with E-state index in [1.54, 1.807) is 6.26 Å². The van der Waals surface area contributed by atoms with Crippen molar-refractivity contribution in [1.29, 1.82) is 0 Å². The highest BCUT2D eigenvalue weighted by atomic mass is 16.5. The summed E-state index contributed by atoms with van der Waals surface area (Å²) in [6, 6.07) is 6.04. The summed E-state index contributed by atoms with van der Waals surface area (Å²) in [5, 5.41) is 4.18. The van der Waals surface area contributed by atoms with Crippen molar-refractivity contribution in [2.75, 3.05) is 6.54 Å². The molecule has 0 aliphatic carbocycles. The van der Waals surface area contributed by atoms with Crippen molar-refractivity contribution in [3.63, 3.8) is 0 Å². The molecule has 3 aromatic heterocycles. The molecular formula is C17H18N4O2. The molecule has 23 heavy (non-hydrogen) atoms. The maximum atomic E-state index is 5.32. The average molecular weight is 310 g/mol. The number of hydrogen-bond acceptors (Lipinski definition) is 6. The third-order valence-electron chi connectivity index (χ3n) is 4.18. The summed E-state index contributed by atoms with van der Waals surface area (Å²) in [7, 11) is 0. The summed E-state index contributed by atoms with van der Waals surface area (Å²) in [4.78, 5) is 11.2. The minimum Gasteiger partial charge on any atom is -0.461 e. The normalized spacial score (nSPS) is 18.6. The van der Waals surface area contributed by atoms with Gasteiger partial charge in [0.15, 0.2) is 11.6 Å². The molecule has 1 atom stereocenters. The SMILES string of the molecule is Cc1cc([C@@H]2CCCN2Cc2cnc(-c3ccco3)nc2)no1. The molecule has 0 spiro atoms. The van der Waals surface area contributed by atoms with Crippen molar-refractivity contribution in [2.45, 2.75) is 32.4 Å². The Morgan fingerprint density at radius 3 is 2.87 bits per heavy atom. The van der Waals surface area contributed by atoms with E-state index in [4.69, 9.17) is 8.94 Å². The van der Waals surface area contributed by atoms with Crippen molar-refractivity contribution in [3.05, 3.63) is 53.9 Å². The summed E-state index contributed by atoms with van der Waals surface area (Å²) < 4.78 is 10.5. The zero-order chi connectivity index (χ0) is 15.6. The monoisotopic (exact) mass is 310 g/mol. The van der Waals surface area contributed by atoms with E-state index in [2.05, 4.69) is 20.0 Å². The maximum Gasteiger partial charge on any atom is 0.195 e. The molecule has 0 saturated carbocycles. The van der Waals surface area contributed by atoms with Gasteiger partial charge in [0.1, 0.15) is 11.5 Å².